The number of carboxylic acid groups (broad SMARTS) is 1. The van der Waals surface area contributed by atoms with Gasteiger partial charge in [-0.25, -0.2) is 9.18 Å². The molecule has 214 valence electrons. The second-order valence-corrected chi connectivity index (χ2v) is 10.6. The highest BCUT2D eigenvalue weighted by Crippen LogP contribution is 2.44. The summed E-state index contributed by atoms with van der Waals surface area (Å²) in [5.74, 6) is -1.66. The molecular formula is C31H37ClFN3O4. The number of fused-ring (bicyclic) bond motifs is 1. The molecule has 5 rings (SSSR count). The molecule has 2 aliphatic rings. The third-order valence-electron chi connectivity index (χ3n) is 7.34. The molecule has 3 aromatic rings. The number of methoxy groups -OCH3 is 1. The van der Waals surface area contributed by atoms with Crippen molar-refractivity contribution >= 4 is 34.2 Å². The van der Waals surface area contributed by atoms with E-state index in [-0.39, 0.29) is 22.7 Å². The Bertz CT molecular complexity index is 1460. The third-order valence-corrected chi connectivity index (χ3v) is 7.73. The summed E-state index contributed by atoms with van der Waals surface area (Å²) in [6.07, 6.45) is 4.47. The van der Waals surface area contributed by atoms with Gasteiger partial charge >= 0.3 is 5.97 Å². The van der Waals surface area contributed by atoms with E-state index in [0.717, 1.165) is 36.1 Å². The van der Waals surface area contributed by atoms with Crippen molar-refractivity contribution in [1.29, 1.82) is 0 Å². The van der Waals surface area contributed by atoms with Crippen LogP contribution in [-0.2, 0) is 6.54 Å². The average molecular weight is 570 g/mol. The van der Waals surface area contributed by atoms with Gasteiger partial charge in [0.25, 0.3) is 0 Å². The van der Waals surface area contributed by atoms with Gasteiger partial charge in [-0.2, -0.15) is 0 Å². The van der Waals surface area contributed by atoms with E-state index in [2.05, 4.69) is 17.0 Å². The van der Waals surface area contributed by atoms with Crippen molar-refractivity contribution in [3.05, 3.63) is 80.4 Å². The number of hydrogen-bond donors (Lipinski definition) is 1. The number of pyridine rings is 1. The van der Waals surface area contributed by atoms with E-state index in [1.54, 1.807) is 4.57 Å². The molecule has 2 fully saturated rings. The molecule has 0 atom stereocenters. The molecule has 0 unspecified atom stereocenters. The second-order valence-electron chi connectivity index (χ2n) is 10.1. The van der Waals surface area contributed by atoms with Crippen molar-refractivity contribution in [2.24, 2.45) is 0 Å². The van der Waals surface area contributed by atoms with E-state index in [1.165, 1.54) is 18.9 Å². The summed E-state index contributed by atoms with van der Waals surface area (Å²) in [6.45, 7) is 6.53. The number of likely N-dealkylation sites (N-methyl/N-ethyl adjacent to an activating group) is 1. The molecule has 40 heavy (non-hydrogen) atoms. The summed E-state index contributed by atoms with van der Waals surface area (Å²) < 4.78 is 23.1. The quantitative estimate of drug-likeness (QED) is 0.337. The Morgan fingerprint density at radius 1 is 1.18 bits per heavy atom. The summed E-state index contributed by atoms with van der Waals surface area (Å²) in [6, 6.07) is 11.4. The van der Waals surface area contributed by atoms with E-state index in [0.29, 0.717) is 43.7 Å². The Labute approximate surface area is 239 Å². The number of aromatic nitrogens is 1. The first-order valence-electron chi connectivity index (χ1n) is 13.8. The van der Waals surface area contributed by atoms with E-state index < -0.39 is 17.2 Å². The van der Waals surface area contributed by atoms with Gasteiger partial charge in [0, 0.05) is 43.4 Å². The molecule has 2 heterocycles. The number of ether oxygens (including phenoxy) is 1. The van der Waals surface area contributed by atoms with Gasteiger partial charge in [-0.15, -0.1) is 0 Å². The molecule has 0 bridgehead atoms. The fraction of sp³-hybridized carbons (Fsp3) is 0.419. The van der Waals surface area contributed by atoms with Crippen molar-refractivity contribution in [2.45, 2.75) is 52.1 Å². The molecule has 9 heteroatoms. The highest BCUT2D eigenvalue weighted by atomic mass is 35.5. The maximum Gasteiger partial charge on any atom is 0.341 e. The van der Waals surface area contributed by atoms with Gasteiger partial charge in [0.05, 0.1) is 18.0 Å². The number of anilines is 1. The largest absolute Gasteiger partial charge is 0.492 e. The summed E-state index contributed by atoms with van der Waals surface area (Å²) in [5.41, 5.74) is 2.06. The van der Waals surface area contributed by atoms with Crippen molar-refractivity contribution in [2.75, 3.05) is 38.7 Å². The minimum atomic E-state index is -1.32. The average Bonchev–Trinajstić information content (AvgIpc) is 3.80. The molecular weight excluding hydrogens is 533 g/mol. The van der Waals surface area contributed by atoms with Gasteiger partial charge in [-0.1, -0.05) is 61.4 Å². The highest BCUT2D eigenvalue weighted by Gasteiger charge is 2.32. The molecule has 0 radical (unpaired) electrons. The van der Waals surface area contributed by atoms with Crippen molar-refractivity contribution in [1.82, 2.24) is 9.47 Å². The Morgan fingerprint density at radius 3 is 2.40 bits per heavy atom. The molecule has 1 saturated carbocycles. The van der Waals surface area contributed by atoms with Gasteiger partial charge in [0.1, 0.15) is 11.3 Å². The van der Waals surface area contributed by atoms with E-state index in [1.807, 2.05) is 44.0 Å². The first-order valence-corrected chi connectivity index (χ1v) is 14.2. The van der Waals surface area contributed by atoms with Gasteiger partial charge < -0.3 is 19.3 Å². The molecule has 7 nitrogen and oxygen atoms in total. The predicted molar refractivity (Wildman–Crippen MR) is 158 cm³/mol. The van der Waals surface area contributed by atoms with Gasteiger partial charge in [0.2, 0.25) is 5.43 Å². The van der Waals surface area contributed by atoms with Crippen LogP contribution in [-0.4, -0.2) is 54.3 Å². The van der Waals surface area contributed by atoms with Crippen LogP contribution in [0, 0.1) is 5.82 Å². The van der Waals surface area contributed by atoms with Gasteiger partial charge in [0.15, 0.2) is 11.6 Å². The molecule has 1 aliphatic carbocycles. The van der Waals surface area contributed by atoms with Crippen LogP contribution in [0.1, 0.15) is 61.5 Å². The monoisotopic (exact) mass is 569 g/mol. The van der Waals surface area contributed by atoms with Crippen molar-refractivity contribution in [3.63, 3.8) is 0 Å². The minimum absolute atomic E-state index is 0.0250. The SMILES string of the molecule is CC.COc1c(N2CCC(=C(Cl)CN(C)Cc3ccccc3)CC2)c(F)cc2c(=O)c(C(=O)O)cn(C3CC3)c12. The van der Waals surface area contributed by atoms with Crippen LogP contribution in [0.4, 0.5) is 10.1 Å². The number of piperidine rings is 1. The van der Waals surface area contributed by atoms with Crippen molar-refractivity contribution < 1.29 is 19.0 Å². The lowest BCUT2D eigenvalue weighted by Crippen LogP contribution is -2.33. The smallest absolute Gasteiger partial charge is 0.341 e. The van der Waals surface area contributed by atoms with Crippen LogP contribution < -0.4 is 15.1 Å². The standard InChI is InChI=1S/C29H31ClFN3O4.C2H6/c1-32(15-18-6-4-3-5-7-18)17-23(30)19-10-12-33(13-11-19)26-24(31)14-21-25(28(26)38-2)34(20-8-9-20)16-22(27(21)35)29(36)37;1-2/h3-7,14,16,20H,8-13,15,17H2,1-2H3,(H,36,37);1-2H3. The van der Waals surface area contributed by atoms with Crippen LogP contribution >= 0.6 is 11.6 Å². The lowest BCUT2D eigenvalue weighted by atomic mass is 10.0. The summed E-state index contributed by atoms with van der Waals surface area (Å²) in [7, 11) is 3.49. The number of aromatic carboxylic acids is 1. The van der Waals surface area contributed by atoms with Gasteiger partial charge in [-0.05, 0) is 44.4 Å². The van der Waals surface area contributed by atoms with Crippen molar-refractivity contribution in [3.8, 4) is 5.75 Å². The Hall–Kier alpha value is -3.36. The molecule has 0 spiro atoms. The van der Waals surface area contributed by atoms with Crippen LogP contribution in [0.15, 0.2) is 58.0 Å². The van der Waals surface area contributed by atoms with E-state index in [9.17, 15) is 14.7 Å². The second kappa shape index (κ2) is 12.9. The Balaban J connectivity index is 0.00000181. The molecule has 1 aliphatic heterocycles. The van der Waals surface area contributed by atoms with Crippen LogP contribution in [0.25, 0.3) is 10.9 Å². The zero-order valence-electron chi connectivity index (χ0n) is 23.5. The summed E-state index contributed by atoms with van der Waals surface area (Å²) in [5, 5.41) is 10.4. The fourth-order valence-electron chi connectivity index (χ4n) is 5.30. The maximum absolute atomic E-state index is 15.6. The lowest BCUT2D eigenvalue weighted by molar-refractivity contribution is 0.0694. The first-order chi connectivity index (χ1) is 19.3. The fourth-order valence-corrected chi connectivity index (χ4v) is 5.69. The van der Waals surface area contributed by atoms with E-state index >= 15 is 4.39 Å². The number of benzene rings is 2. The number of halogens is 2. The van der Waals surface area contributed by atoms with E-state index in [4.69, 9.17) is 16.3 Å². The predicted octanol–water partition coefficient (Wildman–Crippen LogP) is 6.43. The summed E-state index contributed by atoms with van der Waals surface area (Å²) in [4.78, 5) is 28.7. The third kappa shape index (κ3) is 6.18. The number of rotatable bonds is 8. The first kappa shape index (κ1) is 29.6. The van der Waals surface area contributed by atoms with Crippen LogP contribution in [0.3, 0.4) is 0 Å². The minimum Gasteiger partial charge on any atom is -0.492 e. The zero-order chi connectivity index (χ0) is 29.0. The Kier molecular flexibility index (Phi) is 9.53. The molecule has 0 amide bonds. The molecule has 2 aromatic carbocycles. The Morgan fingerprint density at radius 2 is 1.82 bits per heavy atom. The molecule has 1 saturated heterocycles. The normalized spacial score (nSPS) is 15.2. The number of carbonyl (C=O) groups is 1. The van der Waals surface area contributed by atoms with Crippen LogP contribution in [0.2, 0.25) is 0 Å². The highest BCUT2D eigenvalue weighted by molar-refractivity contribution is 6.30. The number of nitrogens with zero attached hydrogens (tertiary/aromatic N) is 3. The topological polar surface area (TPSA) is 75.0 Å². The van der Waals surface area contributed by atoms with Crippen LogP contribution in [0.5, 0.6) is 5.75 Å². The summed E-state index contributed by atoms with van der Waals surface area (Å²) >= 11 is 6.74. The van der Waals surface area contributed by atoms with Gasteiger partial charge in [-0.3, -0.25) is 9.69 Å². The number of carboxylic acids is 1. The lowest BCUT2D eigenvalue weighted by Gasteiger charge is -2.33. The molecule has 1 aromatic heterocycles. The molecule has 1 N–H and O–H groups in total. The maximum atomic E-state index is 15.6. The number of hydrogen-bond acceptors (Lipinski definition) is 5. The zero-order valence-corrected chi connectivity index (χ0v) is 24.3.